The highest BCUT2D eigenvalue weighted by Gasteiger charge is 1.95. The highest BCUT2D eigenvalue weighted by atomic mass is 16.5. The molecule has 0 saturated heterocycles. The Kier molecular flexibility index (Phi) is 5.40. The quantitative estimate of drug-likeness (QED) is 0.507. The number of benzene rings is 1. The van der Waals surface area contributed by atoms with Gasteiger partial charge in [-0.1, -0.05) is 19.1 Å². The van der Waals surface area contributed by atoms with E-state index in [1.807, 2.05) is 12.1 Å². The first kappa shape index (κ1) is 11.7. The maximum Gasteiger partial charge on any atom is 0.119 e. The molecule has 80 valence electrons. The van der Waals surface area contributed by atoms with Crippen molar-refractivity contribution in [3.05, 3.63) is 29.8 Å². The van der Waals surface area contributed by atoms with E-state index in [-0.39, 0.29) is 0 Å². The van der Waals surface area contributed by atoms with Gasteiger partial charge in [0.25, 0.3) is 0 Å². The molecule has 0 spiro atoms. The second-order valence-electron chi connectivity index (χ2n) is 3.51. The summed E-state index contributed by atoms with van der Waals surface area (Å²) in [6, 6.07) is 8.25. The van der Waals surface area contributed by atoms with Crippen LogP contribution in [0, 0.1) is 12.3 Å². The summed E-state index contributed by atoms with van der Waals surface area (Å²) < 4.78 is 5.63. The minimum atomic E-state index is 0.759. The number of terminal acetylenes is 1. The fourth-order valence-corrected chi connectivity index (χ4v) is 1.37. The highest BCUT2D eigenvalue weighted by molar-refractivity contribution is 5.28. The van der Waals surface area contributed by atoms with Gasteiger partial charge in [0, 0.05) is 6.42 Å². The molecule has 0 N–H and O–H groups in total. The van der Waals surface area contributed by atoms with Gasteiger partial charge in [-0.25, -0.2) is 0 Å². The Hall–Kier alpha value is -1.42. The molecule has 0 fully saturated rings. The summed E-state index contributed by atoms with van der Waals surface area (Å²) in [6.45, 7) is 2.90. The van der Waals surface area contributed by atoms with E-state index in [4.69, 9.17) is 11.2 Å². The van der Waals surface area contributed by atoms with Crippen LogP contribution in [0.5, 0.6) is 5.75 Å². The number of hydrogen-bond acceptors (Lipinski definition) is 1. The zero-order valence-corrected chi connectivity index (χ0v) is 9.33. The van der Waals surface area contributed by atoms with Crippen molar-refractivity contribution in [3.8, 4) is 18.1 Å². The largest absolute Gasteiger partial charge is 0.494 e. The molecule has 0 aliphatic rings. The summed E-state index contributed by atoms with van der Waals surface area (Å²) in [5.74, 6) is 3.60. The highest BCUT2D eigenvalue weighted by Crippen LogP contribution is 2.14. The van der Waals surface area contributed by atoms with E-state index in [1.54, 1.807) is 0 Å². The monoisotopic (exact) mass is 202 g/mol. The standard InChI is InChI=1S/C14H18O/c1-3-5-6-7-11-15-14-10-8-9-13(4-2)12-14/h1,8-10,12H,4-7,11H2,2H3. The van der Waals surface area contributed by atoms with E-state index in [1.165, 1.54) is 5.56 Å². The molecule has 1 nitrogen and oxygen atoms in total. The zero-order valence-electron chi connectivity index (χ0n) is 9.33. The van der Waals surface area contributed by atoms with E-state index >= 15 is 0 Å². The van der Waals surface area contributed by atoms with Crippen LogP contribution in [0.2, 0.25) is 0 Å². The van der Waals surface area contributed by atoms with Gasteiger partial charge in [-0.05, 0) is 37.0 Å². The predicted octanol–water partition coefficient (Wildman–Crippen LogP) is 3.43. The van der Waals surface area contributed by atoms with Crippen molar-refractivity contribution in [3.63, 3.8) is 0 Å². The summed E-state index contributed by atoms with van der Waals surface area (Å²) in [6.07, 6.45) is 9.14. The third-order valence-electron chi connectivity index (χ3n) is 2.29. The molecule has 0 saturated carbocycles. The Bertz CT molecular complexity index is 322. The van der Waals surface area contributed by atoms with Crippen LogP contribution < -0.4 is 4.74 Å². The molecule has 0 radical (unpaired) electrons. The fraction of sp³-hybridized carbons (Fsp3) is 0.429. The first-order valence-electron chi connectivity index (χ1n) is 5.52. The van der Waals surface area contributed by atoms with Gasteiger partial charge in [0.1, 0.15) is 5.75 Å². The van der Waals surface area contributed by atoms with Crippen molar-refractivity contribution < 1.29 is 4.74 Å². The Morgan fingerprint density at radius 1 is 1.33 bits per heavy atom. The van der Waals surface area contributed by atoms with Gasteiger partial charge < -0.3 is 4.74 Å². The molecule has 1 aromatic rings. The van der Waals surface area contributed by atoms with Crippen LogP contribution in [0.15, 0.2) is 24.3 Å². The first-order chi connectivity index (χ1) is 7.36. The van der Waals surface area contributed by atoms with Crippen LogP contribution in [0.3, 0.4) is 0 Å². The van der Waals surface area contributed by atoms with Crippen molar-refractivity contribution in [2.75, 3.05) is 6.61 Å². The summed E-state index contributed by atoms with van der Waals surface area (Å²) in [5, 5.41) is 0. The molecule has 0 aliphatic heterocycles. The molecule has 0 unspecified atom stereocenters. The lowest BCUT2D eigenvalue weighted by Gasteiger charge is -2.06. The summed E-state index contributed by atoms with van der Waals surface area (Å²) >= 11 is 0. The number of ether oxygens (including phenoxy) is 1. The van der Waals surface area contributed by atoms with Crippen LogP contribution >= 0.6 is 0 Å². The number of unbranched alkanes of at least 4 members (excludes halogenated alkanes) is 2. The van der Waals surface area contributed by atoms with Crippen LogP contribution in [0.1, 0.15) is 31.7 Å². The average Bonchev–Trinajstić information content (AvgIpc) is 2.29. The fourth-order valence-electron chi connectivity index (χ4n) is 1.37. The van der Waals surface area contributed by atoms with E-state index in [0.29, 0.717) is 0 Å². The van der Waals surface area contributed by atoms with Crippen LogP contribution in [0.25, 0.3) is 0 Å². The van der Waals surface area contributed by atoms with Crippen molar-refractivity contribution in [2.24, 2.45) is 0 Å². The molecular weight excluding hydrogens is 184 g/mol. The third-order valence-corrected chi connectivity index (χ3v) is 2.29. The second-order valence-corrected chi connectivity index (χ2v) is 3.51. The Morgan fingerprint density at radius 3 is 2.93 bits per heavy atom. The molecule has 0 amide bonds. The van der Waals surface area contributed by atoms with Gasteiger partial charge in [-0.15, -0.1) is 12.3 Å². The average molecular weight is 202 g/mol. The molecule has 1 rings (SSSR count). The molecule has 0 atom stereocenters. The second kappa shape index (κ2) is 6.95. The molecule has 0 aromatic heterocycles. The molecule has 0 aliphatic carbocycles. The van der Waals surface area contributed by atoms with Crippen molar-refractivity contribution in [1.82, 2.24) is 0 Å². The molecule has 15 heavy (non-hydrogen) atoms. The number of rotatable bonds is 6. The molecule has 0 heterocycles. The lowest BCUT2D eigenvalue weighted by atomic mass is 10.2. The van der Waals surface area contributed by atoms with Crippen LogP contribution in [-0.4, -0.2) is 6.61 Å². The van der Waals surface area contributed by atoms with Gasteiger partial charge in [-0.3, -0.25) is 0 Å². The van der Waals surface area contributed by atoms with Gasteiger partial charge in [0.2, 0.25) is 0 Å². The van der Waals surface area contributed by atoms with E-state index in [2.05, 4.69) is 25.0 Å². The smallest absolute Gasteiger partial charge is 0.119 e. The van der Waals surface area contributed by atoms with Crippen LogP contribution in [-0.2, 0) is 6.42 Å². The SMILES string of the molecule is C#CCCCCOc1cccc(CC)c1. The van der Waals surface area contributed by atoms with E-state index < -0.39 is 0 Å². The minimum Gasteiger partial charge on any atom is -0.494 e. The third kappa shape index (κ3) is 4.56. The van der Waals surface area contributed by atoms with E-state index in [0.717, 1.165) is 38.0 Å². The topological polar surface area (TPSA) is 9.23 Å². The Morgan fingerprint density at radius 2 is 2.20 bits per heavy atom. The Balaban J connectivity index is 2.28. The Labute approximate surface area is 92.5 Å². The van der Waals surface area contributed by atoms with Gasteiger partial charge in [0.05, 0.1) is 6.61 Å². The lowest BCUT2D eigenvalue weighted by molar-refractivity contribution is 0.307. The normalized spacial score (nSPS) is 9.60. The predicted molar refractivity (Wildman–Crippen MR) is 64.0 cm³/mol. The first-order valence-corrected chi connectivity index (χ1v) is 5.52. The molecule has 1 aromatic carbocycles. The van der Waals surface area contributed by atoms with E-state index in [9.17, 15) is 0 Å². The molecule has 1 heteroatoms. The molecule has 0 bridgehead atoms. The number of aryl methyl sites for hydroxylation is 1. The van der Waals surface area contributed by atoms with Gasteiger partial charge in [-0.2, -0.15) is 0 Å². The number of hydrogen-bond donors (Lipinski definition) is 0. The van der Waals surface area contributed by atoms with Crippen molar-refractivity contribution >= 4 is 0 Å². The van der Waals surface area contributed by atoms with Crippen LogP contribution in [0.4, 0.5) is 0 Å². The summed E-state index contributed by atoms with van der Waals surface area (Å²) in [5.41, 5.74) is 1.32. The van der Waals surface area contributed by atoms with Gasteiger partial charge >= 0.3 is 0 Å². The maximum absolute atomic E-state index is 5.63. The summed E-state index contributed by atoms with van der Waals surface area (Å²) in [7, 11) is 0. The lowest BCUT2D eigenvalue weighted by Crippen LogP contribution is -1.97. The maximum atomic E-state index is 5.63. The summed E-state index contributed by atoms with van der Waals surface area (Å²) in [4.78, 5) is 0. The van der Waals surface area contributed by atoms with Crippen molar-refractivity contribution in [1.29, 1.82) is 0 Å². The van der Waals surface area contributed by atoms with Gasteiger partial charge in [0.15, 0.2) is 0 Å². The zero-order chi connectivity index (χ0) is 10.9. The molecular formula is C14H18O. The van der Waals surface area contributed by atoms with Crippen molar-refractivity contribution in [2.45, 2.75) is 32.6 Å². The minimum absolute atomic E-state index is 0.759.